The molecule has 2 N–H and O–H groups in total. The van der Waals surface area contributed by atoms with Crippen LogP contribution in [0.4, 0.5) is 0 Å². The molecule has 0 aliphatic carbocycles. The molecule has 142 valence electrons. The lowest BCUT2D eigenvalue weighted by Crippen LogP contribution is -2.13. The third-order valence-electron chi connectivity index (χ3n) is 2.15. The number of ether oxygens (including phenoxy) is 3. The van der Waals surface area contributed by atoms with Crippen LogP contribution < -0.4 is 0 Å². The number of carbonyl (C=O) groups excluding carboxylic acids is 2. The van der Waals surface area contributed by atoms with E-state index in [0.717, 1.165) is 6.08 Å². The quantitative estimate of drug-likeness (QED) is 0.396. The lowest BCUT2D eigenvalue weighted by Gasteiger charge is -2.02. The molecule has 0 aromatic rings. The molecular formula is C17H26O8. The second-order valence-corrected chi connectivity index (χ2v) is 5.10. The molecule has 0 radical (unpaired) electrons. The van der Waals surface area contributed by atoms with Gasteiger partial charge in [0.05, 0.1) is 12.7 Å². The fraction of sp³-hybridized carbons (Fsp3) is 0.471. The molecule has 2 atom stereocenters. The molecule has 1 rings (SSSR count). The van der Waals surface area contributed by atoms with Crippen molar-refractivity contribution >= 4 is 17.9 Å². The van der Waals surface area contributed by atoms with Crippen molar-refractivity contribution in [3.8, 4) is 0 Å². The first-order valence-corrected chi connectivity index (χ1v) is 7.31. The molecule has 0 spiro atoms. The summed E-state index contributed by atoms with van der Waals surface area (Å²) in [6.07, 6.45) is 0.597. The minimum atomic E-state index is -0.935. The van der Waals surface area contributed by atoms with Crippen molar-refractivity contribution < 1.29 is 38.8 Å². The predicted octanol–water partition coefficient (Wildman–Crippen LogP) is 1.25. The molecule has 8 heteroatoms. The second-order valence-electron chi connectivity index (χ2n) is 5.10. The SMILES string of the molecule is C=C(C)C(=O)O.C=C(C)C(=O)OCC1CO1.C=CC(=O)OCC(C)O. The highest BCUT2D eigenvalue weighted by Gasteiger charge is 2.24. The number of aliphatic carboxylic acids is 1. The van der Waals surface area contributed by atoms with Gasteiger partial charge >= 0.3 is 17.9 Å². The Hall–Kier alpha value is -2.45. The van der Waals surface area contributed by atoms with Crippen LogP contribution in [0, 0.1) is 0 Å². The molecule has 1 aliphatic heterocycles. The van der Waals surface area contributed by atoms with E-state index in [1.54, 1.807) is 6.92 Å². The van der Waals surface area contributed by atoms with E-state index < -0.39 is 18.0 Å². The molecule has 0 amide bonds. The van der Waals surface area contributed by atoms with Crippen LogP contribution in [-0.2, 0) is 28.6 Å². The zero-order valence-corrected chi connectivity index (χ0v) is 14.8. The van der Waals surface area contributed by atoms with E-state index in [4.69, 9.17) is 19.7 Å². The van der Waals surface area contributed by atoms with Crippen molar-refractivity contribution in [2.75, 3.05) is 19.8 Å². The number of carboxylic acids is 1. The Kier molecular flexibility index (Phi) is 13.8. The molecule has 1 saturated heterocycles. The summed E-state index contributed by atoms with van der Waals surface area (Å²) in [5.74, 6) is -1.78. The van der Waals surface area contributed by atoms with E-state index in [2.05, 4.69) is 24.5 Å². The smallest absolute Gasteiger partial charge is 0.333 e. The van der Waals surface area contributed by atoms with Crippen molar-refractivity contribution in [3.05, 3.63) is 37.0 Å². The van der Waals surface area contributed by atoms with Gasteiger partial charge in [-0.15, -0.1) is 0 Å². The number of esters is 2. The van der Waals surface area contributed by atoms with E-state index in [1.165, 1.54) is 13.8 Å². The number of hydrogen-bond donors (Lipinski definition) is 2. The molecule has 1 fully saturated rings. The predicted molar refractivity (Wildman–Crippen MR) is 90.8 cm³/mol. The average molecular weight is 358 g/mol. The Morgan fingerprint density at radius 2 is 1.72 bits per heavy atom. The summed E-state index contributed by atoms with van der Waals surface area (Å²) in [7, 11) is 0. The standard InChI is InChI=1S/C7H10O3.C6H10O3.C4H6O2/c1-5(2)7(8)10-4-6-3-9-6;1-3-6(8)9-4-5(2)7;1-3(2)4(5)6/h6H,1,3-4H2,2H3;3,5,7H,1,4H2,2H3;1H2,2H3,(H,5,6). The van der Waals surface area contributed by atoms with Crippen molar-refractivity contribution in [2.24, 2.45) is 0 Å². The van der Waals surface area contributed by atoms with Crippen LogP contribution >= 0.6 is 0 Å². The van der Waals surface area contributed by atoms with Crippen molar-refractivity contribution in [3.63, 3.8) is 0 Å². The number of carboxylic acid groups (broad SMARTS) is 1. The van der Waals surface area contributed by atoms with Gasteiger partial charge in [0.2, 0.25) is 0 Å². The number of aliphatic hydroxyl groups excluding tert-OH is 1. The second kappa shape index (κ2) is 13.9. The highest BCUT2D eigenvalue weighted by atomic mass is 16.6. The first kappa shape index (κ1) is 24.8. The molecule has 8 nitrogen and oxygen atoms in total. The van der Waals surface area contributed by atoms with E-state index >= 15 is 0 Å². The van der Waals surface area contributed by atoms with E-state index in [-0.39, 0.29) is 24.3 Å². The minimum absolute atomic E-state index is 0.0326. The maximum Gasteiger partial charge on any atom is 0.333 e. The normalized spacial score (nSPS) is 15.0. The Morgan fingerprint density at radius 3 is 2.00 bits per heavy atom. The van der Waals surface area contributed by atoms with E-state index in [0.29, 0.717) is 18.8 Å². The number of hydrogen-bond acceptors (Lipinski definition) is 7. The third kappa shape index (κ3) is 19.5. The number of epoxide rings is 1. The lowest BCUT2D eigenvalue weighted by atomic mass is 10.4. The van der Waals surface area contributed by atoms with Crippen LogP contribution in [0.2, 0.25) is 0 Å². The maximum atomic E-state index is 10.7. The third-order valence-corrected chi connectivity index (χ3v) is 2.15. The summed E-state index contributed by atoms with van der Waals surface area (Å²) in [6.45, 7) is 15.5. The molecule has 0 bridgehead atoms. The van der Waals surface area contributed by atoms with Gasteiger partial charge in [0, 0.05) is 17.2 Å². The molecule has 1 aliphatic rings. The van der Waals surface area contributed by atoms with Crippen LogP contribution in [0.25, 0.3) is 0 Å². The van der Waals surface area contributed by atoms with Crippen LogP contribution in [0.5, 0.6) is 0 Å². The van der Waals surface area contributed by atoms with Gasteiger partial charge in [-0.05, 0) is 20.8 Å². The first-order chi connectivity index (χ1) is 11.5. The van der Waals surface area contributed by atoms with Gasteiger partial charge in [-0.2, -0.15) is 0 Å². The van der Waals surface area contributed by atoms with Gasteiger partial charge in [0.15, 0.2) is 0 Å². The molecule has 2 unspecified atom stereocenters. The van der Waals surface area contributed by atoms with Gasteiger partial charge < -0.3 is 24.4 Å². The molecule has 0 aromatic carbocycles. The van der Waals surface area contributed by atoms with Crippen molar-refractivity contribution in [2.45, 2.75) is 33.0 Å². The molecule has 0 saturated carbocycles. The van der Waals surface area contributed by atoms with Crippen LogP contribution in [0.3, 0.4) is 0 Å². The van der Waals surface area contributed by atoms with Gasteiger partial charge in [-0.3, -0.25) is 0 Å². The first-order valence-electron chi connectivity index (χ1n) is 7.31. The summed E-state index contributed by atoms with van der Waals surface area (Å²) < 4.78 is 14.0. The molecular weight excluding hydrogens is 332 g/mol. The monoisotopic (exact) mass is 358 g/mol. The Morgan fingerprint density at radius 1 is 1.24 bits per heavy atom. The summed E-state index contributed by atoms with van der Waals surface area (Å²) >= 11 is 0. The van der Waals surface area contributed by atoms with Gasteiger partial charge in [-0.25, -0.2) is 14.4 Å². The summed E-state index contributed by atoms with van der Waals surface area (Å²) in [5.41, 5.74) is 0.607. The fourth-order valence-electron chi connectivity index (χ4n) is 0.718. The van der Waals surface area contributed by atoms with Crippen molar-refractivity contribution in [1.29, 1.82) is 0 Å². The highest BCUT2D eigenvalue weighted by molar-refractivity contribution is 5.87. The largest absolute Gasteiger partial charge is 0.478 e. The maximum absolute atomic E-state index is 10.7. The van der Waals surface area contributed by atoms with Crippen LogP contribution in [0.15, 0.2) is 37.0 Å². The molecule has 25 heavy (non-hydrogen) atoms. The zero-order chi connectivity index (χ0) is 20.0. The average Bonchev–Trinajstić information content (AvgIpc) is 3.35. The van der Waals surface area contributed by atoms with Crippen LogP contribution in [-0.4, -0.2) is 60.1 Å². The Balaban J connectivity index is 0. The van der Waals surface area contributed by atoms with E-state index in [1.807, 2.05) is 0 Å². The van der Waals surface area contributed by atoms with Crippen molar-refractivity contribution in [1.82, 2.24) is 0 Å². The fourth-order valence-corrected chi connectivity index (χ4v) is 0.718. The molecule has 0 aromatic heterocycles. The van der Waals surface area contributed by atoms with E-state index in [9.17, 15) is 14.4 Å². The molecule has 1 heterocycles. The number of rotatable bonds is 7. The number of aliphatic hydroxyl groups is 1. The zero-order valence-electron chi connectivity index (χ0n) is 14.8. The lowest BCUT2D eigenvalue weighted by molar-refractivity contribution is -0.140. The number of carbonyl (C=O) groups is 3. The Bertz CT molecular complexity index is 477. The summed E-state index contributed by atoms with van der Waals surface area (Å²) in [4.78, 5) is 30.6. The van der Waals surface area contributed by atoms with Crippen LogP contribution in [0.1, 0.15) is 20.8 Å². The van der Waals surface area contributed by atoms with Gasteiger partial charge in [0.25, 0.3) is 0 Å². The summed E-state index contributed by atoms with van der Waals surface area (Å²) in [5, 5.41) is 16.5. The van der Waals surface area contributed by atoms with Gasteiger partial charge in [0.1, 0.15) is 19.3 Å². The minimum Gasteiger partial charge on any atom is -0.478 e. The Labute approximate surface area is 147 Å². The summed E-state index contributed by atoms with van der Waals surface area (Å²) in [6, 6.07) is 0. The highest BCUT2D eigenvalue weighted by Crippen LogP contribution is 2.09. The van der Waals surface area contributed by atoms with Gasteiger partial charge in [-0.1, -0.05) is 19.7 Å². The topological polar surface area (TPSA) is 123 Å².